The van der Waals surface area contributed by atoms with Crippen molar-refractivity contribution in [3.05, 3.63) is 97.5 Å². The number of aromatic nitrogens is 4. The fraction of sp³-hybridized carbons (Fsp3) is 0.421. The Hall–Kier alpha value is -4.88. The molecule has 0 saturated carbocycles. The van der Waals surface area contributed by atoms with Crippen molar-refractivity contribution in [1.29, 1.82) is 0 Å². The van der Waals surface area contributed by atoms with Crippen LogP contribution in [0.1, 0.15) is 48.4 Å². The first-order valence-corrected chi connectivity index (χ1v) is 19.0. The summed E-state index contributed by atoms with van der Waals surface area (Å²) in [5.74, 6) is 0.831. The van der Waals surface area contributed by atoms with Gasteiger partial charge in [0.25, 0.3) is 22.9 Å². The Bertz CT molecular complexity index is 2150. The zero-order valence-electron chi connectivity index (χ0n) is 32.3. The van der Waals surface area contributed by atoms with Crippen molar-refractivity contribution in [2.24, 2.45) is 14.1 Å². The summed E-state index contributed by atoms with van der Waals surface area (Å²) in [6.45, 7) is 12.5. The van der Waals surface area contributed by atoms with Crippen LogP contribution in [0.3, 0.4) is 0 Å². The summed E-state index contributed by atoms with van der Waals surface area (Å²) in [7, 11) is 2.77. The predicted octanol–water partition coefficient (Wildman–Crippen LogP) is 3.05. The number of pyridine rings is 4. The molecule has 3 saturated heterocycles. The summed E-state index contributed by atoms with van der Waals surface area (Å²) >= 11 is 3.35. The molecule has 0 unspecified atom stereocenters. The highest BCUT2D eigenvalue weighted by Gasteiger charge is 2.52. The van der Waals surface area contributed by atoms with Gasteiger partial charge in [0.2, 0.25) is 0 Å². The van der Waals surface area contributed by atoms with Gasteiger partial charge in [-0.2, -0.15) is 0 Å². The van der Waals surface area contributed by atoms with Crippen LogP contribution in [0.5, 0.6) is 0 Å². The van der Waals surface area contributed by atoms with Gasteiger partial charge in [-0.05, 0) is 80.0 Å². The summed E-state index contributed by atoms with van der Waals surface area (Å²) < 4.78 is 26.5. The van der Waals surface area contributed by atoms with Crippen molar-refractivity contribution >= 4 is 63.3 Å². The summed E-state index contributed by atoms with van der Waals surface area (Å²) in [5.41, 5.74) is 1.17. The molecule has 0 spiro atoms. The molecule has 16 nitrogen and oxygen atoms in total. The Morgan fingerprint density at radius 2 is 1.12 bits per heavy atom. The summed E-state index contributed by atoms with van der Waals surface area (Å²) in [6, 6.07) is 10.2. The molecular formula is C38H46BBrN8O8. The maximum atomic E-state index is 12.7. The molecule has 0 bridgehead atoms. The molecule has 2 N–H and O–H groups in total. The standard InChI is InChI=1S/C22H29BN4O5.C16H17BrN4O3/c1-21(2)22(3,4)32-23(31-21)16-12-17(20(29)26(5)14-16)25-18-7-6-15(13-24-18)19(28)27-8-10-30-11-9-27;1-20-10-12(17)8-13(16(20)23)19-14-3-2-11(9-18-14)15(22)21-4-6-24-7-5-21/h6-7,12-14H,8-11H2,1-5H3,(H,24,25);2-3,8-10H,4-7H2,1H3,(H,18,19). The molecule has 3 fully saturated rings. The number of ether oxygens (including phenoxy) is 2. The molecular weight excluding hydrogens is 787 g/mol. The minimum Gasteiger partial charge on any atom is -0.399 e. The van der Waals surface area contributed by atoms with Gasteiger partial charge in [0.1, 0.15) is 23.0 Å². The SMILES string of the molecule is Cn1cc(B2OC(C)(C)C(C)(C)O2)cc(Nc2ccc(C(=O)N3CCOCC3)cn2)c1=O.Cn1cc(Br)cc(Nc2ccc(C(=O)N3CCOCC3)cn2)c1=O. The van der Waals surface area contributed by atoms with Crippen molar-refractivity contribution < 1.29 is 28.4 Å². The van der Waals surface area contributed by atoms with Crippen LogP contribution < -0.4 is 27.2 Å². The third kappa shape index (κ3) is 9.38. The smallest absolute Gasteiger partial charge is 0.399 e. The zero-order valence-corrected chi connectivity index (χ0v) is 33.9. The molecule has 56 heavy (non-hydrogen) atoms. The number of nitrogens with one attached hydrogen (secondary N) is 2. The largest absolute Gasteiger partial charge is 0.496 e. The van der Waals surface area contributed by atoms with Gasteiger partial charge in [-0.3, -0.25) is 19.2 Å². The average Bonchev–Trinajstić information content (AvgIpc) is 3.42. The Morgan fingerprint density at radius 3 is 1.55 bits per heavy atom. The molecule has 296 valence electrons. The summed E-state index contributed by atoms with van der Waals surface area (Å²) in [5, 5.41) is 6.04. The average molecular weight is 834 g/mol. The van der Waals surface area contributed by atoms with Crippen molar-refractivity contribution in [2.75, 3.05) is 63.2 Å². The highest BCUT2D eigenvalue weighted by molar-refractivity contribution is 9.10. The van der Waals surface area contributed by atoms with E-state index >= 15 is 0 Å². The molecule has 0 aliphatic carbocycles. The second kappa shape index (κ2) is 17.1. The van der Waals surface area contributed by atoms with Gasteiger partial charge in [0, 0.05) is 75.0 Å². The molecule has 2 amide bonds. The number of hydrogen-bond donors (Lipinski definition) is 2. The number of aryl methyl sites for hydroxylation is 2. The highest BCUT2D eigenvalue weighted by atomic mass is 79.9. The number of anilines is 4. The first-order valence-electron chi connectivity index (χ1n) is 18.2. The maximum absolute atomic E-state index is 12.7. The van der Waals surface area contributed by atoms with Crippen LogP contribution in [0.15, 0.2) is 75.2 Å². The second-order valence-corrected chi connectivity index (χ2v) is 15.5. The van der Waals surface area contributed by atoms with Gasteiger partial charge in [-0.15, -0.1) is 0 Å². The van der Waals surface area contributed by atoms with Gasteiger partial charge in [-0.25, -0.2) is 9.97 Å². The van der Waals surface area contributed by atoms with E-state index in [-0.39, 0.29) is 22.9 Å². The highest BCUT2D eigenvalue weighted by Crippen LogP contribution is 2.36. The van der Waals surface area contributed by atoms with E-state index in [9.17, 15) is 19.2 Å². The number of rotatable bonds is 7. The molecule has 0 aromatic carbocycles. The van der Waals surface area contributed by atoms with Crippen molar-refractivity contribution in [1.82, 2.24) is 28.9 Å². The van der Waals surface area contributed by atoms with E-state index in [0.29, 0.717) is 86.7 Å². The molecule has 7 heterocycles. The van der Waals surface area contributed by atoms with Gasteiger partial charge in [-0.1, -0.05) is 0 Å². The fourth-order valence-electron chi connectivity index (χ4n) is 6.06. The molecule has 4 aromatic heterocycles. The molecule has 18 heteroatoms. The van der Waals surface area contributed by atoms with Crippen LogP contribution in [-0.4, -0.2) is 112 Å². The summed E-state index contributed by atoms with van der Waals surface area (Å²) in [6.07, 6.45) is 6.43. The van der Waals surface area contributed by atoms with Crippen molar-refractivity contribution in [3.8, 4) is 0 Å². The van der Waals surface area contributed by atoms with Gasteiger partial charge < -0.3 is 48.4 Å². The fourth-order valence-corrected chi connectivity index (χ4v) is 6.59. The minimum atomic E-state index is -0.589. The molecule has 0 atom stereocenters. The van der Waals surface area contributed by atoms with E-state index in [2.05, 4.69) is 36.5 Å². The van der Waals surface area contributed by atoms with Gasteiger partial charge in [0.15, 0.2) is 0 Å². The lowest BCUT2D eigenvalue weighted by Gasteiger charge is -2.32. The van der Waals surface area contributed by atoms with E-state index in [4.69, 9.17) is 18.8 Å². The quantitative estimate of drug-likeness (QED) is 0.262. The molecule has 3 aliphatic rings. The lowest BCUT2D eigenvalue weighted by molar-refractivity contribution is 0.00578. The van der Waals surface area contributed by atoms with E-state index in [1.54, 1.807) is 72.7 Å². The number of amides is 2. The van der Waals surface area contributed by atoms with Crippen LogP contribution in [0.4, 0.5) is 23.0 Å². The van der Waals surface area contributed by atoms with Crippen LogP contribution >= 0.6 is 15.9 Å². The summed E-state index contributed by atoms with van der Waals surface area (Å²) in [4.78, 5) is 61.8. The third-order valence-electron chi connectivity index (χ3n) is 10.0. The molecule has 0 radical (unpaired) electrons. The topological polar surface area (TPSA) is 171 Å². The normalized spacial score (nSPS) is 17.5. The van der Waals surface area contributed by atoms with Gasteiger partial charge in [0.05, 0.1) is 48.8 Å². The molecule has 3 aliphatic heterocycles. The number of morpholine rings is 2. The monoisotopic (exact) mass is 832 g/mol. The van der Waals surface area contributed by atoms with Crippen LogP contribution in [0.2, 0.25) is 0 Å². The number of carbonyl (C=O) groups excluding carboxylic acids is 2. The zero-order chi connectivity index (χ0) is 40.2. The van der Waals surface area contributed by atoms with Crippen molar-refractivity contribution in [3.63, 3.8) is 0 Å². The Balaban J connectivity index is 0.000000198. The van der Waals surface area contributed by atoms with Crippen LogP contribution in [0.25, 0.3) is 0 Å². The predicted molar refractivity (Wildman–Crippen MR) is 215 cm³/mol. The maximum Gasteiger partial charge on any atom is 0.496 e. The Labute approximate surface area is 333 Å². The first kappa shape index (κ1) is 40.8. The molecule has 7 rings (SSSR count). The molecule has 4 aromatic rings. The number of hydrogen-bond acceptors (Lipinski definition) is 12. The third-order valence-corrected chi connectivity index (χ3v) is 10.5. The lowest BCUT2D eigenvalue weighted by Crippen LogP contribution is -2.41. The van der Waals surface area contributed by atoms with Crippen molar-refractivity contribution in [2.45, 2.75) is 38.9 Å². The van der Waals surface area contributed by atoms with E-state index < -0.39 is 18.3 Å². The Morgan fingerprint density at radius 1 is 0.696 bits per heavy atom. The Kier molecular flexibility index (Phi) is 12.4. The minimum absolute atomic E-state index is 0.0595. The van der Waals surface area contributed by atoms with E-state index in [1.807, 2.05) is 27.7 Å². The van der Waals surface area contributed by atoms with E-state index in [0.717, 1.165) is 9.94 Å². The van der Waals surface area contributed by atoms with Crippen LogP contribution in [0, 0.1) is 0 Å². The van der Waals surface area contributed by atoms with Gasteiger partial charge >= 0.3 is 7.12 Å². The number of nitrogens with zero attached hydrogens (tertiary/aromatic N) is 6. The number of halogens is 1. The second-order valence-electron chi connectivity index (χ2n) is 14.6. The van der Waals surface area contributed by atoms with Crippen LogP contribution in [-0.2, 0) is 32.9 Å². The number of carbonyl (C=O) groups is 2. The first-order chi connectivity index (χ1) is 26.6. The van der Waals surface area contributed by atoms with E-state index in [1.165, 1.54) is 21.5 Å². The lowest BCUT2D eigenvalue weighted by atomic mass is 9.80.